The Hall–Kier alpha value is -2.49. The molecule has 1 saturated heterocycles. The molecule has 4 aromatic rings. The van der Waals surface area contributed by atoms with Gasteiger partial charge in [-0.2, -0.15) is 0 Å². The van der Waals surface area contributed by atoms with Crippen LogP contribution in [0.15, 0.2) is 77.3 Å². The third-order valence-corrected chi connectivity index (χ3v) is 7.39. The molecule has 0 aliphatic carbocycles. The Morgan fingerprint density at radius 3 is 2.50 bits per heavy atom. The zero-order valence-corrected chi connectivity index (χ0v) is 22.9. The van der Waals surface area contributed by atoms with Crippen molar-refractivity contribution in [3.63, 3.8) is 0 Å². The number of para-hydroxylation sites is 1. The lowest BCUT2D eigenvalue weighted by Crippen LogP contribution is -2.39. The fraction of sp³-hybridized carbons (Fsp3) is 0.259. The van der Waals surface area contributed by atoms with Gasteiger partial charge in [-0.1, -0.05) is 45.5 Å². The lowest BCUT2D eigenvalue weighted by molar-refractivity contribution is 0.0376. The van der Waals surface area contributed by atoms with E-state index in [2.05, 4.69) is 20.8 Å². The summed E-state index contributed by atoms with van der Waals surface area (Å²) in [6.07, 6.45) is 0.862. The van der Waals surface area contributed by atoms with E-state index in [1.807, 2.05) is 77.7 Å². The number of halogens is 2. The summed E-state index contributed by atoms with van der Waals surface area (Å²) in [5, 5.41) is 0.717. The van der Waals surface area contributed by atoms with E-state index in [0.29, 0.717) is 17.9 Å². The van der Waals surface area contributed by atoms with E-state index in [0.717, 1.165) is 64.8 Å². The molecule has 188 valence electrons. The number of hydrogen-bond donors (Lipinski definition) is 0. The average molecular weight is 589 g/mol. The SMILES string of the molecule is Cl.O=C(c1ccc(Oc2ccccc2)cc1)N(CCCN1CCOCC1)c1nc2ccc(Br)cc2s1. The molecule has 0 radical (unpaired) electrons. The number of benzene rings is 3. The topological polar surface area (TPSA) is 54.9 Å². The van der Waals surface area contributed by atoms with Crippen LogP contribution in [0.1, 0.15) is 16.8 Å². The minimum atomic E-state index is -0.0589. The Morgan fingerprint density at radius 2 is 1.75 bits per heavy atom. The van der Waals surface area contributed by atoms with Crippen molar-refractivity contribution < 1.29 is 14.3 Å². The van der Waals surface area contributed by atoms with Crippen molar-refractivity contribution in [3.05, 3.63) is 82.8 Å². The predicted octanol–water partition coefficient (Wildman–Crippen LogP) is 6.64. The lowest BCUT2D eigenvalue weighted by atomic mass is 10.2. The molecule has 2 heterocycles. The van der Waals surface area contributed by atoms with Crippen molar-refractivity contribution in [2.45, 2.75) is 6.42 Å². The van der Waals surface area contributed by atoms with E-state index < -0.39 is 0 Å². The van der Waals surface area contributed by atoms with Crippen LogP contribution in [0, 0.1) is 0 Å². The molecule has 0 unspecified atom stereocenters. The number of nitrogens with zero attached hydrogens (tertiary/aromatic N) is 3. The summed E-state index contributed by atoms with van der Waals surface area (Å²) in [7, 11) is 0. The van der Waals surface area contributed by atoms with Gasteiger partial charge in [0.25, 0.3) is 5.91 Å². The van der Waals surface area contributed by atoms with Crippen LogP contribution < -0.4 is 9.64 Å². The summed E-state index contributed by atoms with van der Waals surface area (Å²) in [5.74, 6) is 1.39. The summed E-state index contributed by atoms with van der Waals surface area (Å²) in [6.45, 7) is 4.93. The van der Waals surface area contributed by atoms with Gasteiger partial charge < -0.3 is 9.47 Å². The average Bonchev–Trinajstić information content (AvgIpc) is 3.31. The minimum absolute atomic E-state index is 0. The Labute approximate surface area is 229 Å². The van der Waals surface area contributed by atoms with Crippen molar-refractivity contribution in [2.24, 2.45) is 0 Å². The van der Waals surface area contributed by atoms with Crippen LogP contribution in [-0.2, 0) is 4.74 Å². The van der Waals surface area contributed by atoms with Gasteiger partial charge in [-0.15, -0.1) is 12.4 Å². The number of rotatable bonds is 8. The van der Waals surface area contributed by atoms with Crippen molar-refractivity contribution in [1.82, 2.24) is 9.88 Å². The van der Waals surface area contributed by atoms with Crippen LogP contribution in [0.2, 0.25) is 0 Å². The monoisotopic (exact) mass is 587 g/mol. The first-order chi connectivity index (χ1) is 17.2. The maximum atomic E-state index is 13.6. The van der Waals surface area contributed by atoms with Gasteiger partial charge in [0.15, 0.2) is 5.13 Å². The molecule has 1 aromatic heterocycles. The predicted molar refractivity (Wildman–Crippen MR) is 151 cm³/mol. The van der Waals surface area contributed by atoms with Crippen LogP contribution >= 0.6 is 39.7 Å². The Bertz CT molecular complexity index is 1280. The molecule has 5 rings (SSSR count). The fourth-order valence-corrected chi connectivity index (χ4v) is 5.55. The van der Waals surface area contributed by atoms with E-state index in [-0.39, 0.29) is 18.3 Å². The normalized spacial score (nSPS) is 13.8. The highest BCUT2D eigenvalue weighted by atomic mass is 79.9. The van der Waals surface area contributed by atoms with Crippen LogP contribution in [-0.4, -0.2) is 55.2 Å². The van der Waals surface area contributed by atoms with Gasteiger partial charge in [0.05, 0.1) is 23.4 Å². The van der Waals surface area contributed by atoms with Crippen molar-refractivity contribution in [3.8, 4) is 11.5 Å². The molecule has 0 bridgehead atoms. The van der Waals surface area contributed by atoms with Crippen molar-refractivity contribution >= 4 is 60.9 Å². The van der Waals surface area contributed by atoms with Gasteiger partial charge in [-0.05, 0) is 61.0 Å². The summed E-state index contributed by atoms with van der Waals surface area (Å²) in [5.41, 5.74) is 1.50. The number of fused-ring (bicyclic) bond motifs is 1. The third-order valence-electron chi connectivity index (χ3n) is 5.86. The smallest absolute Gasteiger partial charge is 0.260 e. The number of morpholine rings is 1. The third kappa shape index (κ3) is 6.63. The highest BCUT2D eigenvalue weighted by Crippen LogP contribution is 2.32. The van der Waals surface area contributed by atoms with E-state index >= 15 is 0 Å². The highest BCUT2D eigenvalue weighted by Gasteiger charge is 2.22. The first-order valence-corrected chi connectivity index (χ1v) is 13.3. The second kappa shape index (κ2) is 12.7. The van der Waals surface area contributed by atoms with Crippen molar-refractivity contribution in [2.75, 3.05) is 44.3 Å². The Kier molecular flexibility index (Phi) is 9.34. The Morgan fingerprint density at radius 1 is 1.03 bits per heavy atom. The molecule has 9 heteroatoms. The standard InChI is InChI=1S/C27H26BrN3O3S.ClH/c28-21-9-12-24-25(19-21)35-27(29-24)31(14-4-13-30-15-17-33-18-16-30)26(32)20-7-10-23(11-8-20)34-22-5-2-1-3-6-22;/h1-3,5-12,19H,4,13-18H2;1H. The summed E-state index contributed by atoms with van der Waals surface area (Å²) in [4.78, 5) is 22.6. The van der Waals surface area contributed by atoms with E-state index in [4.69, 9.17) is 14.5 Å². The molecule has 3 aromatic carbocycles. The number of anilines is 1. The zero-order valence-electron chi connectivity index (χ0n) is 19.6. The number of carbonyl (C=O) groups excluding carboxylic acids is 1. The summed E-state index contributed by atoms with van der Waals surface area (Å²) >= 11 is 5.07. The van der Waals surface area contributed by atoms with Crippen LogP contribution in [0.25, 0.3) is 10.2 Å². The van der Waals surface area contributed by atoms with Gasteiger partial charge in [0.1, 0.15) is 11.5 Å². The van der Waals surface area contributed by atoms with Gasteiger partial charge in [0, 0.05) is 36.2 Å². The summed E-state index contributed by atoms with van der Waals surface area (Å²) in [6, 6.07) is 22.9. The maximum Gasteiger partial charge on any atom is 0.260 e. The number of carbonyl (C=O) groups is 1. The number of aromatic nitrogens is 1. The number of amides is 1. The molecular weight excluding hydrogens is 562 g/mol. The molecule has 0 saturated carbocycles. The fourth-order valence-electron chi connectivity index (χ4n) is 4.01. The number of hydrogen-bond acceptors (Lipinski definition) is 6. The zero-order chi connectivity index (χ0) is 24.0. The molecule has 0 atom stereocenters. The van der Waals surface area contributed by atoms with E-state index in [9.17, 15) is 4.79 Å². The van der Waals surface area contributed by atoms with E-state index in [1.165, 1.54) is 11.3 Å². The molecule has 1 aliphatic heterocycles. The van der Waals surface area contributed by atoms with Gasteiger partial charge >= 0.3 is 0 Å². The quantitative estimate of drug-likeness (QED) is 0.231. The molecule has 6 nitrogen and oxygen atoms in total. The molecular formula is C27H27BrClN3O3S. The minimum Gasteiger partial charge on any atom is -0.457 e. The molecule has 1 aliphatic rings. The second-order valence-corrected chi connectivity index (χ2v) is 10.2. The maximum absolute atomic E-state index is 13.6. The molecule has 0 spiro atoms. The molecule has 0 N–H and O–H groups in total. The number of ether oxygens (including phenoxy) is 2. The second-order valence-electron chi connectivity index (χ2n) is 8.31. The van der Waals surface area contributed by atoms with Crippen LogP contribution in [0.3, 0.4) is 0 Å². The van der Waals surface area contributed by atoms with Crippen molar-refractivity contribution in [1.29, 1.82) is 0 Å². The van der Waals surface area contributed by atoms with Gasteiger partial charge in [0.2, 0.25) is 0 Å². The molecule has 1 amide bonds. The first kappa shape index (κ1) is 26.6. The summed E-state index contributed by atoms with van der Waals surface area (Å²) < 4.78 is 13.4. The van der Waals surface area contributed by atoms with Gasteiger partial charge in [-0.3, -0.25) is 14.6 Å². The first-order valence-electron chi connectivity index (χ1n) is 11.7. The van der Waals surface area contributed by atoms with Crippen LogP contribution in [0.5, 0.6) is 11.5 Å². The number of thiazole rings is 1. The highest BCUT2D eigenvalue weighted by molar-refractivity contribution is 9.10. The van der Waals surface area contributed by atoms with Crippen LogP contribution in [0.4, 0.5) is 5.13 Å². The Balaban J connectivity index is 0.00000304. The lowest BCUT2D eigenvalue weighted by Gasteiger charge is -2.27. The molecule has 36 heavy (non-hydrogen) atoms. The largest absolute Gasteiger partial charge is 0.457 e. The molecule has 1 fully saturated rings. The van der Waals surface area contributed by atoms with E-state index in [1.54, 1.807) is 0 Å². The van der Waals surface area contributed by atoms with Gasteiger partial charge in [-0.25, -0.2) is 4.98 Å².